The van der Waals surface area contributed by atoms with Gasteiger partial charge in [-0.3, -0.25) is 9.89 Å². The molecule has 0 radical (unpaired) electrons. The van der Waals surface area contributed by atoms with Crippen LogP contribution < -0.4 is 0 Å². The van der Waals surface area contributed by atoms with Crippen LogP contribution in [0.4, 0.5) is 0 Å². The van der Waals surface area contributed by atoms with Gasteiger partial charge >= 0.3 is 0 Å². The lowest BCUT2D eigenvalue weighted by atomic mass is 10.1. The Morgan fingerprint density at radius 1 is 1.07 bits per heavy atom. The number of aromatic nitrogens is 4. The van der Waals surface area contributed by atoms with E-state index in [4.69, 9.17) is 16.6 Å². The van der Waals surface area contributed by atoms with Gasteiger partial charge in [-0.05, 0) is 19.3 Å². The topological polar surface area (TPSA) is 70.1 Å². The molecular formula is C22H23ClN6. The van der Waals surface area contributed by atoms with Crippen molar-refractivity contribution in [3.05, 3.63) is 64.5 Å². The zero-order valence-corrected chi connectivity index (χ0v) is 17.0. The van der Waals surface area contributed by atoms with Gasteiger partial charge in [0, 0.05) is 49.9 Å². The zero-order chi connectivity index (χ0) is 19.6. The molecule has 29 heavy (non-hydrogen) atoms. The van der Waals surface area contributed by atoms with Crippen LogP contribution in [0.25, 0.3) is 11.4 Å². The number of halogens is 1. The monoisotopic (exact) mass is 406 g/mol. The van der Waals surface area contributed by atoms with Gasteiger partial charge in [-0.1, -0.05) is 41.9 Å². The van der Waals surface area contributed by atoms with Gasteiger partial charge < -0.3 is 4.98 Å². The van der Waals surface area contributed by atoms with Crippen LogP contribution in [0.5, 0.6) is 0 Å². The molecule has 4 heterocycles. The summed E-state index contributed by atoms with van der Waals surface area (Å²) in [6.45, 7) is 3.39. The fourth-order valence-electron chi connectivity index (χ4n) is 3.98. The molecule has 0 saturated heterocycles. The second-order valence-electron chi connectivity index (χ2n) is 7.63. The van der Waals surface area contributed by atoms with Crippen molar-refractivity contribution in [1.82, 2.24) is 24.8 Å². The molecule has 1 aromatic carbocycles. The summed E-state index contributed by atoms with van der Waals surface area (Å²) >= 11 is 6.41. The summed E-state index contributed by atoms with van der Waals surface area (Å²) < 4.78 is 0. The van der Waals surface area contributed by atoms with Crippen molar-refractivity contribution in [2.24, 2.45) is 4.99 Å². The molecule has 0 saturated carbocycles. The van der Waals surface area contributed by atoms with Crippen LogP contribution in [-0.4, -0.2) is 43.6 Å². The molecule has 2 aliphatic rings. The van der Waals surface area contributed by atoms with Gasteiger partial charge in [0.1, 0.15) is 5.82 Å². The maximum atomic E-state index is 6.41. The molecule has 0 fully saturated rings. The van der Waals surface area contributed by atoms with E-state index in [1.165, 1.54) is 18.4 Å². The molecule has 6 nitrogen and oxygen atoms in total. The Balaban J connectivity index is 1.30. The van der Waals surface area contributed by atoms with E-state index in [1.54, 1.807) is 0 Å². The van der Waals surface area contributed by atoms with E-state index >= 15 is 0 Å². The van der Waals surface area contributed by atoms with Crippen LogP contribution in [0, 0.1) is 0 Å². The highest BCUT2D eigenvalue weighted by molar-refractivity contribution is 6.30. The third-order valence-corrected chi connectivity index (χ3v) is 5.87. The molecule has 3 aromatic rings. The largest absolute Gasteiger partial charge is 0.339 e. The average Bonchev–Trinajstić information content (AvgIpc) is 3.15. The van der Waals surface area contributed by atoms with E-state index in [-0.39, 0.29) is 0 Å². The number of imidazole rings is 1. The van der Waals surface area contributed by atoms with Crippen LogP contribution in [0.3, 0.4) is 0 Å². The summed E-state index contributed by atoms with van der Waals surface area (Å²) in [5, 5.41) is 0.538. The minimum atomic E-state index is 0.538. The molecule has 1 N–H and O–H groups in total. The summed E-state index contributed by atoms with van der Waals surface area (Å²) in [5.74, 6) is 1.63. The molecule has 0 bridgehead atoms. The zero-order valence-electron chi connectivity index (χ0n) is 16.2. The first-order valence-corrected chi connectivity index (χ1v) is 10.5. The standard InChI is InChI=1S/C22H23ClN6/c23-20-19(27-21(28-20)15-6-2-1-3-7-15)14-29-11-9-17-16(13-29)12-25-22(26-17)18-8-4-5-10-24-18/h1-3,6-7,12H,4-5,8-11,13-14H2,(H,27,28). The van der Waals surface area contributed by atoms with E-state index in [1.807, 2.05) is 36.5 Å². The molecule has 0 unspecified atom stereocenters. The maximum absolute atomic E-state index is 6.41. The SMILES string of the molecule is Clc1nc(-c2ccccc2)[nH]c1CN1CCc2nc(C3=NCCCC3)ncc2C1. The van der Waals surface area contributed by atoms with Crippen LogP contribution in [-0.2, 0) is 19.5 Å². The normalized spacial score (nSPS) is 17.1. The smallest absolute Gasteiger partial charge is 0.173 e. The quantitative estimate of drug-likeness (QED) is 0.709. The van der Waals surface area contributed by atoms with Gasteiger partial charge in [-0.15, -0.1) is 0 Å². The number of rotatable bonds is 4. The predicted molar refractivity (Wildman–Crippen MR) is 114 cm³/mol. The lowest BCUT2D eigenvalue weighted by Crippen LogP contribution is -2.31. The molecule has 148 valence electrons. The van der Waals surface area contributed by atoms with Crippen molar-refractivity contribution in [2.75, 3.05) is 13.1 Å². The second kappa shape index (κ2) is 8.05. The second-order valence-corrected chi connectivity index (χ2v) is 7.99. The minimum absolute atomic E-state index is 0.538. The van der Waals surface area contributed by atoms with Gasteiger partial charge in [0.25, 0.3) is 0 Å². The van der Waals surface area contributed by atoms with E-state index in [9.17, 15) is 0 Å². The first-order chi connectivity index (χ1) is 14.3. The molecule has 2 aromatic heterocycles. The van der Waals surface area contributed by atoms with E-state index in [2.05, 4.69) is 24.8 Å². The number of nitrogens with zero attached hydrogens (tertiary/aromatic N) is 5. The van der Waals surface area contributed by atoms with Crippen molar-refractivity contribution in [3.63, 3.8) is 0 Å². The van der Waals surface area contributed by atoms with Gasteiger partial charge in [0.2, 0.25) is 0 Å². The van der Waals surface area contributed by atoms with Gasteiger partial charge in [-0.25, -0.2) is 15.0 Å². The van der Waals surface area contributed by atoms with Crippen LogP contribution in [0.1, 0.15) is 42.0 Å². The molecular weight excluding hydrogens is 384 g/mol. The number of aliphatic imine (C=N–C) groups is 1. The van der Waals surface area contributed by atoms with Crippen LogP contribution in [0.15, 0.2) is 41.5 Å². The highest BCUT2D eigenvalue weighted by atomic mass is 35.5. The summed E-state index contributed by atoms with van der Waals surface area (Å²) in [7, 11) is 0. The van der Waals surface area contributed by atoms with Gasteiger partial charge in [0.05, 0.1) is 17.1 Å². The Bertz CT molecular complexity index is 1040. The number of hydrogen-bond donors (Lipinski definition) is 1. The van der Waals surface area contributed by atoms with Crippen LogP contribution >= 0.6 is 11.6 Å². The summed E-state index contributed by atoms with van der Waals surface area (Å²) in [6, 6.07) is 10.1. The third-order valence-electron chi connectivity index (χ3n) is 5.55. The Morgan fingerprint density at radius 3 is 2.79 bits per heavy atom. The van der Waals surface area contributed by atoms with Crippen molar-refractivity contribution in [3.8, 4) is 11.4 Å². The van der Waals surface area contributed by atoms with E-state index < -0.39 is 0 Å². The predicted octanol–water partition coefficient (Wildman–Crippen LogP) is 4.05. The fraction of sp³-hybridized carbons (Fsp3) is 0.364. The molecule has 0 atom stereocenters. The first-order valence-electron chi connectivity index (χ1n) is 10.2. The molecule has 0 amide bonds. The molecule has 5 rings (SSSR count). The number of aromatic amines is 1. The average molecular weight is 407 g/mol. The van der Waals surface area contributed by atoms with Crippen LogP contribution in [0.2, 0.25) is 5.15 Å². The Hall–Kier alpha value is -2.57. The highest BCUT2D eigenvalue weighted by Gasteiger charge is 2.22. The van der Waals surface area contributed by atoms with Gasteiger partial charge in [0.15, 0.2) is 11.0 Å². The Labute approximate surface area is 175 Å². The summed E-state index contributed by atoms with van der Waals surface area (Å²) in [6.07, 6.45) is 6.24. The highest BCUT2D eigenvalue weighted by Crippen LogP contribution is 2.25. The van der Waals surface area contributed by atoms with E-state index in [0.29, 0.717) is 5.15 Å². The first kappa shape index (κ1) is 18.5. The van der Waals surface area contributed by atoms with E-state index in [0.717, 1.165) is 73.3 Å². The minimum Gasteiger partial charge on any atom is -0.339 e. The Kier molecular flexibility index (Phi) is 5.12. The maximum Gasteiger partial charge on any atom is 0.173 e. The molecule has 2 aliphatic heterocycles. The van der Waals surface area contributed by atoms with Crippen molar-refractivity contribution >= 4 is 17.3 Å². The molecule has 0 spiro atoms. The van der Waals surface area contributed by atoms with Crippen molar-refractivity contribution in [1.29, 1.82) is 0 Å². The molecule has 7 heteroatoms. The van der Waals surface area contributed by atoms with Gasteiger partial charge in [-0.2, -0.15) is 0 Å². The third kappa shape index (κ3) is 3.95. The number of fused-ring (bicyclic) bond motifs is 1. The number of nitrogens with one attached hydrogen (secondary N) is 1. The molecule has 0 aliphatic carbocycles. The summed E-state index contributed by atoms with van der Waals surface area (Å²) in [4.78, 5) is 24.3. The lowest BCUT2D eigenvalue weighted by molar-refractivity contribution is 0.240. The summed E-state index contributed by atoms with van der Waals surface area (Å²) in [5.41, 5.74) is 5.40. The number of hydrogen-bond acceptors (Lipinski definition) is 5. The fourth-order valence-corrected chi connectivity index (χ4v) is 4.17. The number of benzene rings is 1. The van der Waals surface area contributed by atoms with Crippen molar-refractivity contribution in [2.45, 2.75) is 38.8 Å². The van der Waals surface area contributed by atoms with Crippen molar-refractivity contribution < 1.29 is 0 Å². The number of H-pyrrole nitrogens is 1. The lowest BCUT2D eigenvalue weighted by Gasteiger charge is -2.27. The Morgan fingerprint density at radius 2 is 1.97 bits per heavy atom.